The number of ether oxygens (including phenoxy) is 1. The number of aliphatic imine (C=N–C) groups is 1. The third kappa shape index (κ3) is 4.54. The summed E-state index contributed by atoms with van der Waals surface area (Å²) in [4.78, 5) is 7.15. The molecule has 2 heterocycles. The molecule has 2 aliphatic heterocycles. The smallest absolute Gasteiger partial charge is 0.194 e. The Morgan fingerprint density at radius 2 is 2.08 bits per heavy atom. The quantitative estimate of drug-likeness (QED) is 0.592. The van der Waals surface area contributed by atoms with Crippen LogP contribution in [-0.2, 0) is 10.2 Å². The van der Waals surface area contributed by atoms with E-state index in [1.54, 1.807) is 0 Å². The highest BCUT2D eigenvalue weighted by Gasteiger charge is 2.35. The molecular weight excluding hydrogens is 382 g/mol. The fraction of sp³-hybridized carbons (Fsp3) is 0.632. The molecule has 6 heteroatoms. The lowest BCUT2D eigenvalue weighted by atomic mass is 9.74. The van der Waals surface area contributed by atoms with E-state index in [9.17, 15) is 5.11 Å². The van der Waals surface area contributed by atoms with E-state index in [0.717, 1.165) is 62.5 Å². The first kappa shape index (κ1) is 18.7. The van der Waals surface area contributed by atoms with Gasteiger partial charge in [0.1, 0.15) is 0 Å². The van der Waals surface area contributed by atoms with Gasteiger partial charge in [-0.1, -0.05) is 28.1 Å². The number of hydrogen-bond acceptors (Lipinski definition) is 3. The number of hydrogen-bond donors (Lipinski definition) is 2. The summed E-state index contributed by atoms with van der Waals surface area (Å²) in [5, 5.41) is 13.2. The van der Waals surface area contributed by atoms with Gasteiger partial charge >= 0.3 is 0 Å². The molecule has 0 saturated carbocycles. The number of nitrogens with zero attached hydrogens (tertiary/aromatic N) is 2. The molecule has 2 N–H and O–H groups in total. The second-order valence-electron chi connectivity index (χ2n) is 6.96. The molecule has 0 spiro atoms. The van der Waals surface area contributed by atoms with Crippen LogP contribution in [0.15, 0.2) is 33.7 Å². The molecule has 0 aliphatic carbocycles. The molecule has 0 aromatic heterocycles. The summed E-state index contributed by atoms with van der Waals surface area (Å²) in [6, 6.07) is 8.63. The van der Waals surface area contributed by atoms with Gasteiger partial charge in [-0.25, -0.2) is 0 Å². The highest BCUT2D eigenvalue weighted by Crippen LogP contribution is 2.36. The molecule has 1 atom stereocenters. The van der Waals surface area contributed by atoms with Crippen LogP contribution in [0.4, 0.5) is 0 Å². The van der Waals surface area contributed by atoms with Crippen LogP contribution < -0.4 is 5.32 Å². The molecule has 2 aliphatic rings. The van der Waals surface area contributed by atoms with Gasteiger partial charge in [-0.2, -0.15) is 0 Å². The van der Waals surface area contributed by atoms with Crippen molar-refractivity contribution >= 4 is 21.9 Å². The van der Waals surface area contributed by atoms with Gasteiger partial charge in [0.2, 0.25) is 0 Å². The molecule has 0 bridgehead atoms. The minimum Gasteiger partial charge on any atom is -0.391 e. The largest absolute Gasteiger partial charge is 0.391 e. The van der Waals surface area contributed by atoms with Crippen molar-refractivity contribution in [2.24, 2.45) is 4.99 Å². The Labute approximate surface area is 158 Å². The highest BCUT2D eigenvalue weighted by atomic mass is 79.9. The van der Waals surface area contributed by atoms with Crippen molar-refractivity contribution in [2.45, 2.75) is 37.7 Å². The minimum atomic E-state index is -0.243. The minimum absolute atomic E-state index is 0.0258. The Balaban J connectivity index is 1.82. The Morgan fingerprint density at radius 1 is 1.36 bits per heavy atom. The molecule has 2 saturated heterocycles. The van der Waals surface area contributed by atoms with Crippen molar-refractivity contribution in [3.05, 3.63) is 34.3 Å². The van der Waals surface area contributed by atoms with Crippen LogP contribution in [0, 0.1) is 0 Å². The molecule has 25 heavy (non-hydrogen) atoms. The molecule has 3 rings (SSSR count). The number of aliphatic hydroxyl groups is 1. The normalized spacial score (nSPS) is 23.7. The Bertz CT molecular complexity index is 585. The van der Waals surface area contributed by atoms with Gasteiger partial charge < -0.3 is 20.1 Å². The number of nitrogens with one attached hydrogen (secondary N) is 1. The molecule has 5 nitrogen and oxygen atoms in total. The summed E-state index contributed by atoms with van der Waals surface area (Å²) < 4.78 is 6.72. The zero-order valence-corrected chi connectivity index (χ0v) is 16.5. The third-order valence-corrected chi connectivity index (χ3v) is 5.76. The summed E-state index contributed by atoms with van der Waals surface area (Å²) in [7, 11) is 0. The van der Waals surface area contributed by atoms with Crippen LogP contribution in [0.1, 0.15) is 31.7 Å². The number of guanidine groups is 1. The Kier molecular flexibility index (Phi) is 6.36. The number of benzene rings is 1. The predicted octanol–water partition coefficient (Wildman–Crippen LogP) is 2.53. The van der Waals surface area contributed by atoms with Crippen molar-refractivity contribution in [1.29, 1.82) is 0 Å². The van der Waals surface area contributed by atoms with E-state index in [0.29, 0.717) is 6.54 Å². The van der Waals surface area contributed by atoms with Crippen molar-refractivity contribution < 1.29 is 9.84 Å². The van der Waals surface area contributed by atoms with Gasteiger partial charge in [-0.15, -0.1) is 0 Å². The first-order chi connectivity index (χ1) is 12.1. The molecular formula is C19H28BrN3O2. The molecule has 0 amide bonds. The van der Waals surface area contributed by atoms with Gasteiger partial charge in [0.05, 0.1) is 12.6 Å². The van der Waals surface area contributed by atoms with E-state index in [1.165, 1.54) is 5.56 Å². The Morgan fingerprint density at radius 3 is 2.68 bits per heavy atom. The molecule has 138 valence electrons. The molecule has 0 unspecified atom stereocenters. The van der Waals surface area contributed by atoms with Gasteiger partial charge in [0.25, 0.3) is 0 Å². The summed E-state index contributed by atoms with van der Waals surface area (Å²) in [6.45, 7) is 6.75. The standard InChI is InChI=1S/C19H28BrN3O2/c1-2-21-18(23-10-7-17(24)13-23)22-14-19(8-11-25-12-9-19)15-3-5-16(20)6-4-15/h3-6,17,24H,2,7-14H2,1H3,(H,21,22)/t17-/m1/s1. The topological polar surface area (TPSA) is 57.1 Å². The van der Waals surface area contributed by atoms with Crippen LogP contribution in [-0.4, -0.2) is 61.5 Å². The van der Waals surface area contributed by atoms with Crippen molar-refractivity contribution in [3.8, 4) is 0 Å². The maximum atomic E-state index is 9.84. The maximum absolute atomic E-state index is 9.84. The van der Waals surface area contributed by atoms with Gasteiger partial charge in [0.15, 0.2) is 5.96 Å². The maximum Gasteiger partial charge on any atom is 0.194 e. The summed E-state index contributed by atoms with van der Waals surface area (Å²) in [5.74, 6) is 0.919. The van der Waals surface area contributed by atoms with Crippen LogP contribution in [0.2, 0.25) is 0 Å². The van der Waals surface area contributed by atoms with Crippen molar-refractivity contribution in [1.82, 2.24) is 10.2 Å². The summed E-state index contributed by atoms with van der Waals surface area (Å²) in [6.07, 6.45) is 2.54. The average molecular weight is 410 g/mol. The van der Waals surface area contributed by atoms with E-state index in [1.807, 2.05) is 0 Å². The third-order valence-electron chi connectivity index (χ3n) is 5.24. The van der Waals surface area contributed by atoms with Gasteiger partial charge in [-0.05, 0) is 43.9 Å². The fourth-order valence-electron chi connectivity index (χ4n) is 3.69. The second-order valence-corrected chi connectivity index (χ2v) is 7.87. The van der Waals surface area contributed by atoms with E-state index in [4.69, 9.17) is 9.73 Å². The number of aliphatic hydroxyl groups excluding tert-OH is 1. The first-order valence-electron chi connectivity index (χ1n) is 9.18. The highest BCUT2D eigenvalue weighted by molar-refractivity contribution is 9.10. The summed E-state index contributed by atoms with van der Waals surface area (Å²) in [5.41, 5.74) is 1.36. The zero-order valence-electron chi connectivity index (χ0n) is 14.9. The van der Waals surface area contributed by atoms with Crippen LogP contribution in [0.25, 0.3) is 0 Å². The SMILES string of the molecule is CCNC(=NCC1(c2ccc(Br)cc2)CCOCC1)N1CC[C@@H](O)C1. The first-order valence-corrected chi connectivity index (χ1v) is 9.97. The van der Waals surface area contributed by atoms with Crippen molar-refractivity contribution in [3.63, 3.8) is 0 Å². The second kappa shape index (κ2) is 8.52. The Hall–Kier alpha value is -1.11. The number of β-amino-alcohol motifs (C(OH)–C–C–N with tert-alkyl or cyclic N) is 1. The zero-order chi connectivity index (χ0) is 17.7. The molecule has 1 aromatic carbocycles. The van der Waals surface area contributed by atoms with E-state index in [2.05, 4.69) is 57.3 Å². The van der Waals surface area contributed by atoms with E-state index >= 15 is 0 Å². The number of likely N-dealkylation sites (tertiary alicyclic amines) is 1. The van der Waals surface area contributed by atoms with Crippen LogP contribution in [0.5, 0.6) is 0 Å². The van der Waals surface area contributed by atoms with Crippen LogP contribution in [0.3, 0.4) is 0 Å². The number of rotatable bonds is 4. The lowest BCUT2D eigenvalue weighted by Crippen LogP contribution is -2.43. The monoisotopic (exact) mass is 409 g/mol. The molecule has 0 radical (unpaired) electrons. The van der Waals surface area contributed by atoms with E-state index in [-0.39, 0.29) is 11.5 Å². The van der Waals surface area contributed by atoms with Gasteiger partial charge in [-0.3, -0.25) is 4.99 Å². The average Bonchev–Trinajstić information content (AvgIpc) is 3.06. The lowest BCUT2D eigenvalue weighted by Gasteiger charge is -2.37. The number of halogens is 1. The van der Waals surface area contributed by atoms with E-state index < -0.39 is 0 Å². The molecule has 2 fully saturated rings. The fourth-order valence-corrected chi connectivity index (χ4v) is 3.95. The molecule has 1 aromatic rings. The lowest BCUT2D eigenvalue weighted by molar-refractivity contribution is 0.0530. The predicted molar refractivity (Wildman–Crippen MR) is 104 cm³/mol. The van der Waals surface area contributed by atoms with Crippen molar-refractivity contribution in [2.75, 3.05) is 39.4 Å². The summed E-state index contributed by atoms with van der Waals surface area (Å²) >= 11 is 3.53. The van der Waals surface area contributed by atoms with Gasteiger partial charge in [0, 0.05) is 42.7 Å². The van der Waals surface area contributed by atoms with Crippen LogP contribution >= 0.6 is 15.9 Å².